The summed E-state index contributed by atoms with van der Waals surface area (Å²) in [4.78, 5) is 28.4. The summed E-state index contributed by atoms with van der Waals surface area (Å²) in [5.41, 5.74) is -0.541. The first-order valence-electron chi connectivity index (χ1n) is 8.42. The Bertz CT molecular complexity index is 1010. The van der Waals surface area contributed by atoms with Crippen LogP contribution in [0.15, 0.2) is 59.0 Å². The molecule has 0 N–H and O–H groups in total. The topological polar surface area (TPSA) is 78.6 Å². The van der Waals surface area contributed by atoms with E-state index in [2.05, 4.69) is 4.98 Å². The number of hydrogen-bond acceptors (Lipinski definition) is 6. The Labute approximate surface area is 162 Å². The minimum Gasteiger partial charge on any atom is -0.460 e. The van der Waals surface area contributed by atoms with E-state index in [1.54, 1.807) is 37.3 Å². The minimum absolute atomic E-state index is 0.0175. The maximum Gasteiger partial charge on any atom is 0.416 e. The first-order chi connectivity index (χ1) is 13.8. The molecule has 6 nitrogen and oxygen atoms in total. The molecular formula is C20H14F3NO5. The zero-order valence-corrected chi connectivity index (χ0v) is 15.0. The predicted molar refractivity (Wildman–Crippen MR) is 94.3 cm³/mol. The van der Waals surface area contributed by atoms with E-state index in [4.69, 9.17) is 13.9 Å². The molecule has 1 aromatic heterocycles. The highest BCUT2D eigenvalue weighted by Gasteiger charge is 2.31. The Kier molecular flexibility index (Phi) is 5.67. The Morgan fingerprint density at radius 1 is 1.00 bits per heavy atom. The molecule has 0 radical (unpaired) electrons. The molecule has 0 atom stereocenters. The number of carbonyl (C=O) groups excluding carboxylic acids is 2. The van der Waals surface area contributed by atoms with Crippen molar-refractivity contribution in [3.63, 3.8) is 0 Å². The van der Waals surface area contributed by atoms with Crippen molar-refractivity contribution in [2.75, 3.05) is 6.61 Å². The molecule has 0 aliphatic rings. The van der Waals surface area contributed by atoms with Gasteiger partial charge in [-0.1, -0.05) is 18.2 Å². The van der Waals surface area contributed by atoms with Crippen LogP contribution in [0.25, 0.3) is 11.5 Å². The molecule has 0 bridgehead atoms. The third kappa shape index (κ3) is 4.63. The molecule has 1 heterocycles. The van der Waals surface area contributed by atoms with E-state index < -0.39 is 35.3 Å². The fourth-order valence-corrected chi connectivity index (χ4v) is 2.35. The van der Waals surface area contributed by atoms with Crippen LogP contribution in [-0.4, -0.2) is 23.5 Å². The lowest BCUT2D eigenvalue weighted by Crippen LogP contribution is -2.13. The third-order valence-corrected chi connectivity index (χ3v) is 3.71. The van der Waals surface area contributed by atoms with Crippen LogP contribution in [0.2, 0.25) is 0 Å². The smallest absolute Gasteiger partial charge is 0.416 e. The first kappa shape index (κ1) is 20.1. The van der Waals surface area contributed by atoms with Gasteiger partial charge in [0.2, 0.25) is 5.89 Å². The van der Waals surface area contributed by atoms with Crippen LogP contribution < -0.4 is 4.74 Å². The van der Waals surface area contributed by atoms with E-state index >= 15 is 0 Å². The van der Waals surface area contributed by atoms with E-state index in [1.807, 2.05) is 0 Å². The number of carbonyl (C=O) groups is 2. The van der Waals surface area contributed by atoms with Gasteiger partial charge in [-0.05, 0) is 43.3 Å². The van der Waals surface area contributed by atoms with Crippen molar-refractivity contribution < 1.29 is 36.7 Å². The molecule has 0 saturated heterocycles. The molecule has 3 rings (SSSR count). The highest BCUT2D eigenvalue weighted by molar-refractivity contribution is 5.94. The van der Waals surface area contributed by atoms with E-state index in [0.29, 0.717) is 5.56 Å². The lowest BCUT2D eigenvalue weighted by molar-refractivity contribution is -0.137. The number of nitrogens with zero attached hydrogens (tertiary/aromatic N) is 1. The van der Waals surface area contributed by atoms with Gasteiger partial charge in [0.05, 0.1) is 17.7 Å². The molecule has 0 aliphatic carbocycles. The number of hydrogen-bond donors (Lipinski definition) is 0. The van der Waals surface area contributed by atoms with Gasteiger partial charge in [0.1, 0.15) is 0 Å². The van der Waals surface area contributed by atoms with Crippen molar-refractivity contribution in [1.29, 1.82) is 0 Å². The molecule has 0 fully saturated rings. The summed E-state index contributed by atoms with van der Waals surface area (Å²) in [5, 5.41) is 0. The van der Waals surface area contributed by atoms with Crippen LogP contribution in [0.4, 0.5) is 13.2 Å². The fraction of sp³-hybridized carbons (Fsp3) is 0.150. The lowest BCUT2D eigenvalue weighted by atomic mass is 10.1. The molecule has 29 heavy (non-hydrogen) atoms. The van der Waals surface area contributed by atoms with Crippen LogP contribution in [0.1, 0.15) is 33.4 Å². The molecule has 3 aromatic rings. The van der Waals surface area contributed by atoms with Gasteiger partial charge in [0.25, 0.3) is 11.6 Å². The number of benzene rings is 2. The highest BCUT2D eigenvalue weighted by Crippen LogP contribution is 2.30. The van der Waals surface area contributed by atoms with Crippen LogP contribution in [-0.2, 0) is 10.9 Å². The van der Waals surface area contributed by atoms with Crippen molar-refractivity contribution in [3.05, 3.63) is 71.5 Å². The van der Waals surface area contributed by atoms with Gasteiger partial charge in [-0.2, -0.15) is 18.2 Å². The summed E-state index contributed by atoms with van der Waals surface area (Å²) < 4.78 is 53.3. The molecule has 0 spiro atoms. The molecular weight excluding hydrogens is 391 g/mol. The van der Waals surface area contributed by atoms with Gasteiger partial charge in [0, 0.05) is 5.56 Å². The van der Waals surface area contributed by atoms with Crippen molar-refractivity contribution in [2.24, 2.45) is 0 Å². The number of oxazole rings is 1. The zero-order valence-electron chi connectivity index (χ0n) is 15.0. The summed E-state index contributed by atoms with van der Waals surface area (Å²) in [7, 11) is 0. The van der Waals surface area contributed by atoms with Gasteiger partial charge >= 0.3 is 18.1 Å². The minimum atomic E-state index is -4.53. The van der Waals surface area contributed by atoms with Crippen molar-refractivity contribution in [3.8, 4) is 17.3 Å². The Morgan fingerprint density at radius 3 is 2.24 bits per heavy atom. The van der Waals surface area contributed by atoms with E-state index in [0.717, 1.165) is 24.3 Å². The second kappa shape index (κ2) is 8.17. The van der Waals surface area contributed by atoms with Crippen LogP contribution in [0, 0.1) is 0 Å². The van der Waals surface area contributed by atoms with Gasteiger partial charge < -0.3 is 13.9 Å². The predicted octanol–water partition coefficient (Wildman–Crippen LogP) is 4.76. The van der Waals surface area contributed by atoms with Crippen molar-refractivity contribution >= 4 is 11.9 Å². The van der Waals surface area contributed by atoms with Gasteiger partial charge in [-0.3, -0.25) is 0 Å². The molecule has 0 unspecified atom stereocenters. The second-order valence-corrected chi connectivity index (χ2v) is 5.70. The first-order valence-corrected chi connectivity index (χ1v) is 8.42. The van der Waals surface area contributed by atoms with Gasteiger partial charge in [-0.25, -0.2) is 9.59 Å². The summed E-state index contributed by atoms with van der Waals surface area (Å²) in [6, 6.07) is 12.0. The quantitative estimate of drug-likeness (QED) is 0.570. The number of rotatable bonds is 5. The number of aromatic nitrogens is 1. The number of esters is 2. The number of halogens is 3. The molecule has 0 aliphatic heterocycles. The van der Waals surface area contributed by atoms with Crippen LogP contribution in [0.5, 0.6) is 5.88 Å². The third-order valence-electron chi connectivity index (χ3n) is 3.71. The SMILES string of the molecule is CCOC(=O)c1oc(-c2ccccc2)nc1OC(=O)c1ccc(C(F)(F)F)cc1. The largest absolute Gasteiger partial charge is 0.460 e. The van der Waals surface area contributed by atoms with Crippen molar-refractivity contribution in [1.82, 2.24) is 4.98 Å². The van der Waals surface area contributed by atoms with Crippen LogP contribution in [0.3, 0.4) is 0 Å². The standard InChI is InChI=1S/C20H14F3NO5/c1-2-27-19(26)15-17(24-16(28-15)12-6-4-3-5-7-12)29-18(25)13-8-10-14(11-9-13)20(21,22)23/h3-11H,2H2,1H3. The molecule has 0 amide bonds. The number of alkyl halides is 3. The van der Waals surface area contributed by atoms with E-state index in [1.165, 1.54) is 0 Å². The monoisotopic (exact) mass is 405 g/mol. The normalized spacial score (nSPS) is 11.2. The molecule has 9 heteroatoms. The maximum absolute atomic E-state index is 12.7. The summed E-state index contributed by atoms with van der Waals surface area (Å²) in [6.07, 6.45) is -4.53. The summed E-state index contributed by atoms with van der Waals surface area (Å²) in [5.74, 6) is -2.74. The Balaban J connectivity index is 1.89. The highest BCUT2D eigenvalue weighted by atomic mass is 19.4. The van der Waals surface area contributed by atoms with Crippen molar-refractivity contribution in [2.45, 2.75) is 13.1 Å². The molecule has 0 saturated carbocycles. The molecule has 150 valence electrons. The Hall–Kier alpha value is -3.62. The maximum atomic E-state index is 12.7. The van der Waals surface area contributed by atoms with Gasteiger partial charge in [0.15, 0.2) is 0 Å². The average Bonchev–Trinajstić information content (AvgIpc) is 3.12. The molecule has 2 aromatic carbocycles. The number of ether oxygens (including phenoxy) is 2. The van der Waals surface area contributed by atoms with Gasteiger partial charge in [-0.15, -0.1) is 0 Å². The second-order valence-electron chi connectivity index (χ2n) is 5.70. The fourth-order valence-electron chi connectivity index (χ4n) is 2.35. The summed E-state index contributed by atoms with van der Waals surface area (Å²) >= 11 is 0. The zero-order chi connectivity index (χ0) is 21.0. The van der Waals surface area contributed by atoms with E-state index in [9.17, 15) is 22.8 Å². The van der Waals surface area contributed by atoms with Crippen LogP contribution >= 0.6 is 0 Å². The lowest BCUT2D eigenvalue weighted by Gasteiger charge is -2.07. The average molecular weight is 405 g/mol. The Morgan fingerprint density at radius 2 is 1.66 bits per heavy atom. The summed E-state index contributed by atoms with van der Waals surface area (Å²) in [6.45, 7) is 1.63. The van der Waals surface area contributed by atoms with E-state index in [-0.39, 0.29) is 18.1 Å².